The number of anilines is 1. The molecule has 0 radical (unpaired) electrons. The van der Waals surface area contributed by atoms with Gasteiger partial charge >= 0.3 is 6.03 Å². The Morgan fingerprint density at radius 1 is 0.923 bits per heavy atom. The van der Waals surface area contributed by atoms with Gasteiger partial charge in [0.1, 0.15) is 11.6 Å². The van der Waals surface area contributed by atoms with Crippen molar-refractivity contribution in [3.05, 3.63) is 83.3 Å². The number of rotatable bonds is 3. The quantitative estimate of drug-likeness (QED) is 0.713. The SMILES string of the molecule is O=C(NC(=O)c1ccccc1Cl)Nc1ccc(-c2ccc(F)cc2)cn1. The third-order valence-electron chi connectivity index (χ3n) is 3.53. The Balaban J connectivity index is 1.63. The number of urea groups is 1. The zero-order valence-corrected chi connectivity index (χ0v) is 14.1. The van der Waals surface area contributed by atoms with E-state index in [0.29, 0.717) is 0 Å². The number of pyridine rings is 1. The fraction of sp³-hybridized carbons (Fsp3) is 0. The van der Waals surface area contributed by atoms with Crippen molar-refractivity contribution in [2.24, 2.45) is 0 Å². The van der Waals surface area contributed by atoms with Gasteiger partial charge in [0.15, 0.2) is 0 Å². The number of halogens is 2. The molecule has 0 saturated carbocycles. The van der Waals surface area contributed by atoms with Crippen LogP contribution in [0.2, 0.25) is 5.02 Å². The molecule has 1 heterocycles. The van der Waals surface area contributed by atoms with Crippen molar-refractivity contribution in [3.63, 3.8) is 0 Å². The lowest BCUT2D eigenvalue weighted by atomic mass is 10.1. The predicted molar refractivity (Wildman–Crippen MR) is 97.6 cm³/mol. The van der Waals surface area contributed by atoms with Crippen molar-refractivity contribution < 1.29 is 14.0 Å². The van der Waals surface area contributed by atoms with Crippen LogP contribution in [0.25, 0.3) is 11.1 Å². The number of aromatic nitrogens is 1. The van der Waals surface area contributed by atoms with Crippen molar-refractivity contribution in [1.82, 2.24) is 10.3 Å². The minimum absolute atomic E-state index is 0.198. The summed E-state index contributed by atoms with van der Waals surface area (Å²) in [5.41, 5.74) is 1.76. The number of hydrogen-bond acceptors (Lipinski definition) is 3. The normalized spacial score (nSPS) is 10.2. The van der Waals surface area contributed by atoms with Crippen molar-refractivity contribution in [1.29, 1.82) is 0 Å². The maximum absolute atomic E-state index is 13.0. The lowest BCUT2D eigenvalue weighted by Crippen LogP contribution is -2.34. The first-order valence-electron chi connectivity index (χ1n) is 7.62. The smallest absolute Gasteiger partial charge is 0.292 e. The topological polar surface area (TPSA) is 71.1 Å². The Labute approximate surface area is 153 Å². The number of carbonyl (C=O) groups is 2. The van der Waals surface area contributed by atoms with Gasteiger partial charge in [-0.05, 0) is 42.0 Å². The summed E-state index contributed by atoms with van der Waals surface area (Å²) in [6.07, 6.45) is 1.54. The zero-order valence-electron chi connectivity index (χ0n) is 13.4. The van der Waals surface area contributed by atoms with Crippen LogP contribution in [0.1, 0.15) is 10.4 Å². The van der Waals surface area contributed by atoms with E-state index in [1.807, 2.05) is 0 Å². The van der Waals surface area contributed by atoms with E-state index in [0.717, 1.165) is 11.1 Å². The molecule has 0 spiro atoms. The molecular weight excluding hydrogens is 357 g/mol. The van der Waals surface area contributed by atoms with E-state index in [1.165, 1.54) is 18.2 Å². The van der Waals surface area contributed by atoms with Crippen molar-refractivity contribution >= 4 is 29.4 Å². The van der Waals surface area contributed by atoms with Gasteiger partial charge in [-0.25, -0.2) is 14.2 Å². The monoisotopic (exact) mass is 369 g/mol. The van der Waals surface area contributed by atoms with E-state index in [-0.39, 0.29) is 22.2 Å². The minimum atomic E-state index is -0.725. The number of nitrogens with one attached hydrogen (secondary N) is 2. The Bertz CT molecular complexity index is 944. The van der Waals surface area contributed by atoms with Crippen LogP contribution in [0, 0.1) is 5.82 Å². The van der Waals surface area contributed by atoms with Gasteiger partial charge in [0.2, 0.25) is 0 Å². The first-order valence-corrected chi connectivity index (χ1v) is 7.99. The van der Waals surface area contributed by atoms with E-state index in [2.05, 4.69) is 15.6 Å². The summed E-state index contributed by atoms with van der Waals surface area (Å²) in [5, 5.41) is 4.90. The van der Waals surface area contributed by atoms with Gasteiger partial charge in [-0.3, -0.25) is 15.4 Å². The van der Waals surface area contributed by atoms with Crippen molar-refractivity contribution in [3.8, 4) is 11.1 Å². The van der Waals surface area contributed by atoms with Gasteiger partial charge in [-0.1, -0.05) is 35.9 Å². The zero-order chi connectivity index (χ0) is 18.5. The summed E-state index contributed by atoms with van der Waals surface area (Å²) in [7, 11) is 0. The molecule has 1 aromatic heterocycles. The predicted octanol–water partition coefficient (Wildman–Crippen LogP) is 4.50. The maximum Gasteiger partial charge on any atom is 0.327 e. The molecule has 26 heavy (non-hydrogen) atoms. The highest BCUT2D eigenvalue weighted by molar-refractivity contribution is 6.34. The molecular formula is C19H13ClFN3O2. The van der Waals surface area contributed by atoms with Crippen LogP contribution in [0.4, 0.5) is 15.0 Å². The van der Waals surface area contributed by atoms with Crippen LogP contribution >= 0.6 is 11.6 Å². The minimum Gasteiger partial charge on any atom is -0.292 e. The van der Waals surface area contributed by atoms with Gasteiger partial charge in [-0.2, -0.15) is 0 Å². The highest BCUT2D eigenvalue weighted by Gasteiger charge is 2.13. The van der Waals surface area contributed by atoms with Crippen LogP contribution in [-0.4, -0.2) is 16.9 Å². The van der Waals surface area contributed by atoms with Gasteiger partial charge in [0.05, 0.1) is 10.6 Å². The molecule has 0 fully saturated rings. The lowest BCUT2D eigenvalue weighted by Gasteiger charge is -2.08. The van der Waals surface area contributed by atoms with Crippen LogP contribution in [0.15, 0.2) is 66.9 Å². The average Bonchev–Trinajstić information content (AvgIpc) is 2.63. The second-order valence-electron chi connectivity index (χ2n) is 5.33. The number of carbonyl (C=O) groups excluding carboxylic acids is 2. The second-order valence-corrected chi connectivity index (χ2v) is 5.73. The van der Waals surface area contributed by atoms with E-state index in [9.17, 15) is 14.0 Å². The molecule has 0 aliphatic carbocycles. The fourth-order valence-corrected chi connectivity index (χ4v) is 2.47. The average molecular weight is 370 g/mol. The van der Waals surface area contributed by atoms with Gasteiger partial charge in [0.25, 0.3) is 5.91 Å². The molecule has 5 nitrogen and oxygen atoms in total. The second kappa shape index (κ2) is 7.76. The highest BCUT2D eigenvalue weighted by atomic mass is 35.5. The fourth-order valence-electron chi connectivity index (χ4n) is 2.24. The third-order valence-corrected chi connectivity index (χ3v) is 3.86. The van der Waals surface area contributed by atoms with Gasteiger partial charge < -0.3 is 0 Å². The summed E-state index contributed by atoms with van der Waals surface area (Å²) in [4.78, 5) is 28.1. The molecule has 7 heteroatoms. The Kier molecular flexibility index (Phi) is 5.24. The number of amides is 3. The summed E-state index contributed by atoms with van der Waals surface area (Å²) >= 11 is 5.92. The molecule has 0 atom stereocenters. The molecule has 2 aromatic carbocycles. The number of nitrogens with zero attached hydrogens (tertiary/aromatic N) is 1. The molecule has 0 aliphatic heterocycles. The van der Waals surface area contributed by atoms with Crippen LogP contribution in [0.5, 0.6) is 0 Å². The number of hydrogen-bond donors (Lipinski definition) is 2. The molecule has 0 unspecified atom stereocenters. The van der Waals surface area contributed by atoms with Gasteiger partial charge in [-0.15, -0.1) is 0 Å². The first-order chi connectivity index (χ1) is 12.5. The lowest BCUT2D eigenvalue weighted by molar-refractivity contribution is 0.0967. The molecule has 3 rings (SSSR count). The van der Waals surface area contributed by atoms with E-state index in [1.54, 1.807) is 48.7 Å². The van der Waals surface area contributed by atoms with Crippen LogP contribution in [0.3, 0.4) is 0 Å². The molecule has 3 amide bonds. The van der Waals surface area contributed by atoms with E-state index in [4.69, 9.17) is 11.6 Å². The Morgan fingerprint density at radius 2 is 1.62 bits per heavy atom. The number of imide groups is 1. The summed E-state index contributed by atoms with van der Waals surface area (Å²) in [5.74, 6) is -0.670. The summed E-state index contributed by atoms with van der Waals surface area (Å²) < 4.78 is 13.0. The molecule has 0 saturated heterocycles. The van der Waals surface area contributed by atoms with E-state index < -0.39 is 11.9 Å². The molecule has 0 aliphatic rings. The third kappa shape index (κ3) is 4.23. The van der Waals surface area contributed by atoms with E-state index >= 15 is 0 Å². The largest absolute Gasteiger partial charge is 0.327 e. The Morgan fingerprint density at radius 3 is 2.27 bits per heavy atom. The van der Waals surface area contributed by atoms with Crippen LogP contribution < -0.4 is 10.6 Å². The van der Waals surface area contributed by atoms with Crippen LogP contribution in [-0.2, 0) is 0 Å². The molecule has 3 aromatic rings. The maximum atomic E-state index is 13.0. The number of benzene rings is 2. The molecule has 130 valence electrons. The first kappa shape index (κ1) is 17.6. The van der Waals surface area contributed by atoms with Crippen molar-refractivity contribution in [2.45, 2.75) is 0 Å². The van der Waals surface area contributed by atoms with Crippen molar-refractivity contribution in [2.75, 3.05) is 5.32 Å². The highest BCUT2D eigenvalue weighted by Crippen LogP contribution is 2.20. The van der Waals surface area contributed by atoms with Gasteiger partial charge in [0, 0.05) is 11.8 Å². The molecule has 0 bridgehead atoms. The Hall–Kier alpha value is -3.25. The summed E-state index contributed by atoms with van der Waals surface area (Å²) in [6.45, 7) is 0. The standard InChI is InChI=1S/C19H13ClFN3O2/c20-16-4-2-1-3-15(16)18(25)24-19(26)23-17-10-7-13(11-22-17)12-5-8-14(21)9-6-12/h1-11H,(H2,22,23,24,25,26). The molecule has 2 N–H and O–H groups in total. The summed E-state index contributed by atoms with van der Waals surface area (Å²) in [6, 6.07) is 15.0.